The number of H-pyrrole nitrogens is 1. The van der Waals surface area contributed by atoms with Crippen LogP contribution in [0.15, 0.2) is 23.9 Å². The van der Waals surface area contributed by atoms with Gasteiger partial charge in [-0.25, -0.2) is 19.9 Å². The average Bonchev–Trinajstić information content (AvgIpc) is 3.06. The Kier molecular flexibility index (Phi) is 2.57. The van der Waals surface area contributed by atoms with Crippen molar-refractivity contribution in [2.45, 2.75) is 5.03 Å². The number of fused-ring (bicyclic) bond motifs is 2. The fourth-order valence-electron chi connectivity index (χ4n) is 1.94. The van der Waals surface area contributed by atoms with E-state index in [1.807, 2.05) is 3.97 Å². The van der Waals surface area contributed by atoms with Gasteiger partial charge in [0, 0.05) is 11.9 Å². The first kappa shape index (κ1) is 11.6. The van der Waals surface area contributed by atoms with Crippen LogP contribution < -0.4 is 10.6 Å². The van der Waals surface area contributed by atoms with E-state index in [0.717, 1.165) is 27.7 Å². The maximum Gasteiger partial charge on any atom is 0.199 e. The minimum Gasteiger partial charge on any atom is -0.363 e. The highest BCUT2D eigenvalue weighted by Crippen LogP contribution is 2.34. The van der Waals surface area contributed by atoms with Crippen LogP contribution in [0, 0.1) is 4.77 Å². The van der Waals surface area contributed by atoms with E-state index in [9.17, 15) is 0 Å². The number of hydrogen-bond donors (Lipinski definition) is 3. The molecule has 3 N–H and O–H groups in total. The standard InChI is InChI=1S/C10H8N8S2/c19-10-16-7-6(12-3-13-7)9(17-10)20-18-4-15-5-1-11-2-14-8(5)18/h1-2,4,12H,3H2,(H2,13,16,17,19). The molecular formula is C10H8N8S2. The van der Waals surface area contributed by atoms with E-state index in [-0.39, 0.29) is 0 Å². The molecule has 4 heterocycles. The molecule has 0 radical (unpaired) electrons. The topological polar surface area (TPSA) is 96.3 Å². The molecule has 10 heteroatoms. The molecule has 0 atom stereocenters. The zero-order valence-electron chi connectivity index (χ0n) is 9.99. The lowest BCUT2D eigenvalue weighted by Crippen LogP contribution is -2.00. The maximum atomic E-state index is 5.13. The van der Waals surface area contributed by atoms with Gasteiger partial charge in [-0.3, -0.25) is 3.97 Å². The van der Waals surface area contributed by atoms with Crippen molar-refractivity contribution in [2.24, 2.45) is 0 Å². The number of hydrogen-bond acceptors (Lipinski definition) is 8. The summed E-state index contributed by atoms with van der Waals surface area (Å²) in [6.07, 6.45) is 4.87. The first-order valence-electron chi connectivity index (χ1n) is 5.75. The highest BCUT2D eigenvalue weighted by atomic mass is 32.2. The van der Waals surface area contributed by atoms with Gasteiger partial charge in [0.15, 0.2) is 10.4 Å². The number of anilines is 2. The van der Waals surface area contributed by atoms with Crippen LogP contribution in [0.1, 0.15) is 0 Å². The molecule has 4 rings (SSSR count). The highest BCUT2D eigenvalue weighted by Gasteiger charge is 2.18. The summed E-state index contributed by atoms with van der Waals surface area (Å²) in [5, 5.41) is 7.15. The van der Waals surface area contributed by atoms with Crippen molar-refractivity contribution in [2.75, 3.05) is 17.3 Å². The van der Waals surface area contributed by atoms with Crippen molar-refractivity contribution in [1.29, 1.82) is 0 Å². The Balaban J connectivity index is 1.82. The van der Waals surface area contributed by atoms with Gasteiger partial charge in [-0.05, 0) is 12.2 Å². The first-order valence-corrected chi connectivity index (χ1v) is 6.93. The second kappa shape index (κ2) is 4.42. The van der Waals surface area contributed by atoms with Crippen LogP contribution in [0.5, 0.6) is 0 Å². The van der Waals surface area contributed by atoms with E-state index in [0.29, 0.717) is 11.4 Å². The van der Waals surface area contributed by atoms with E-state index in [4.69, 9.17) is 12.2 Å². The summed E-state index contributed by atoms with van der Waals surface area (Å²) < 4.78 is 2.27. The van der Waals surface area contributed by atoms with Gasteiger partial charge in [-0.15, -0.1) is 0 Å². The third-order valence-corrected chi connectivity index (χ3v) is 3.92. The van der Waals surface area contributed by atoms with Gasteiger partial charge in [0.05, 0.1) is 12.9 Å². The molecule has 8 nitrogen and oxygen atoms in total. The van der Waals surface area contributed by atoms with Crippen molar-refractivity contribution >= 4 is 46.8 Å². The Morgan fingerprint density at radius 2 is 2.25 bits per heavy atom. The summed E-state index contributed by atoms with van der Waals surface area (Å²) in [5.74, 6) is 0.853. The van der Waals surface area contributed by atoms with Crippen LogP contribution in [0.2, 0.25) is 0 Å². The highest BCUT2D eigenvalue weighted by molar-refractivity contribution is 7.98. The minimum atomic E-state index is 0.432. The summed E-state index contributed by atoms with van der Waals surface area (Å²) in [5.41, 5.74) is 2.38. The van der Waals surface area contributed by atoms with Crippen LogP contribution in [0.4, 0.5) is 11.5 Å². The summed E-state index contributed by atoms with van der Waals surface area (Å²) in [7, 11) is 0. The van der Waals surface area contributed by atoms with E-state index in [1.165, 1.54) is 18.3 Å². The van der Waals surface area contributed by atoms with Crippen molar-refractivity contribution in [1.82, 2.24) is 28.9 Å². The minimum absolute atomic E-state index is 0.432. The molecule has 0 amide bonds. The van der Waals surface area contributed by atoms with Crippen LogP contribution in [0.25, 0.3) is 11.2 Å². The van der Waals surface area contributed by atoms with Crippen LogP contribution in [-0.2, 0) is 0 Å². The lowest BCUT2D eigenvalue weighted by Gasteiger charge is -2.06. The molecule has 0 bridgehead atoms. The predicted octanol–water partition coefficient (Wildman–Crippen LogP) is 1.63. The molecule has 0 saturated carbocycles. The molecule has 0 unspecified atom stereocenters. The Bertz CT molecular complexity index is 854. The Hall–Kier alpha value is -2.20. The van der Waals surface area contributed by atoms with E-state index in [2.05, 4.69) is 35.6 Å². The number of aromatic amines is 1. The van der Waals surface area contributed by atoms with E-state index in [1.54, 1.807) is 12.5 Å². The fourth-order valence-corrected chi connectivity index (χ4v) is 3.10. The number of imidazole rings is 1. The predicted molar refractivity (Wildman–Crippen MR) is 78.1 cm³/mol. The SMILES string of the molecule is S=c1nc(Sn2cnc3cncnc32)c2c([nH]1)NCN2. The summed E-state index contributed by atoms with van der Waals surface area (Å²) in [6.45, 7) is 0.646. The van der Waals surface area contributed by atoms with Crippen molar-refractivity contribution in [3.63, 3.8) is 0 Å². The Morgan fingerprint density at radius 1 is 1.30 bits per heavy atom. The van der Waals surface area contributed by atoms with Crippen molar-refractivity contribution in [3.8, 4) is 0 Å². The second-order valence-electron chi connectivity index (χ2n) is 4.02. The molecule has 1 aliphatic rings. The molecule has 0 fully saturated rings. The van der Waals surface area contributed by atoms with Gasteiger partial charge in [0.25, 0.3) is 0 Å². The molecule has 20 heavy (non-hydrogen) atoms. The van der Waals surface area contributed by atoms with E-state index < -0.39 is 0 Å². The average molecular weight is 304 g/mol. The molecule has 0 aromatic carbocycles. The molecule has 100 valence electrons. The molecule has 0 spiro atoms. The lowest BCUT2D eigenvalue weighted by molar-refractivity contribution is 1.03. The quantitative estimate of drug-likeness (QED) is 0.485. The fraction of sp³-hybridized carbons (Fsp3) is 0.100. The van der Waals surface area contributed by atoms with Crippen molar-refractivity contribution in [3.05, 3.63) is 23.6 Å². The van der Waals surface area contributed by atoms with E-state index >= 15 is 0 Å². The van der Waals surface area contributed by atoms with Gasteiger partial charge in [-0.2, -0.15) is 0 Å². The summed E-state index contributed by atoms with van der Waals surface area (Å²) >= 11 is 6.54. The molecule has 1 aliphatic heterocycles. The number of nitrogens with zero attached hydrogens (tertiary/aromatic N) is 5. The van der Waals surface area contributed by atoms with Gasteiger partial charge >= 0.3 is 0 Å². The summed E-state index contributed by atoms with van der Waals surface area (Å²) in [6, 6.07) is 0. The molecule has 0 aliphatic carbocycles. The summed E-state index contributed by atoms with van der Waals surface area (Å²) in [4.78, 5) is 19.8. The normalized spacial score (nSPS) is 13.0. The number of aromatic nitrogens is 6. The smallest absolute Gasteiger partial charge is 0.199 e. The van der Waals surface area contributed by atoms with Crippen molar-refractivity contribution < 1.29 is 0 Å². The zero-order valence-corrected chi connectivity index (χ0v) is 11.6. The van der Waals surface area contributed by atoms with Crippen LogP contribution in [-0.4, -0.2) is 35.6 Å². The largest absolute Gasteiger partial charge is 0.363 e. The zero-order chi connectivity index (χ0) is 13.5. The third kappa shape index (κ3) is 1.80. The number of nitrogens with one attached hydrogen (secondary N) is 3. The first-order chi connectivity index (χ1) is 9.81. The second-order valence-corrected chi connectivity index (χ2v) is 5.37. The monoisotopic (exact) mass is 304 g/mol. The molecule has 3 aromatic rings. The Morgan fingerprint density at radius 3 is 3.20 bits per heavy atom. The molecule has 0 saturated heterocycles. The Labute approximate surface area is 122 Å². The van der Waals surface area contributed by atoms with Crippen LogP contribution in [0.3, 0.4) is 0 Å². The number of rotatable bonds is 2. The lowest BCUT2D eigenvalue weighted by atomic mass is 10.5. The molecular weight excluding hydrogens is 296 g/mol. The maximum absolute atomic E-state index is 5.13. The van der Waals surface area contributed by atoms with Gasteiger partial charge in [0.1, 0.15) is 34.7 Å². The van der Waals surface area contributed by atoms with Crippen LogP contribution >= 0.6 is 24.2 Å². The third-order valence-electron chi connectivity index (χ3n) is 2.80. The van der Waals surface area contributed by atoms with Gasteiger partial charge < -0.3 is 15.6 Å². The van der Waals surface area contributed by atoms with Gasteiger partial charge in [0.2, 0.25) is 0 Å². The molecule has 3 aromatic heterocycles. The van der Waals surface area contributed by atoms with Gasteiger partial charge in [-0.1, -0.05) is 0 Å².